The van der Waals surface area contributed by atoms with E-state index in [1.807, 2.05) is 32.0 Å². The molecule has 3 aromatic rings. The Morgan fingerprint density at radius 2 is 2.04 bits per heavy atom. The number of hydrogen-bond acceptors (Lipinski definition) is 6. The van der Waals surface area contributed by atoms with Crippen LogP contribution in [-0.4, -0.2) is 21.8 Å². The summed E-state index contributed by atoms with van der Waals surface area (Å²) >= 11 is 1.53. The van der Waals surface area contributed by atoms with Crippen LogP contribution in [-0.2, 0) is 16.0 Å². The third kappa shape index (κ3) is 4.09. The molecule has 3 rings (SSSR count). The summed E-state index contributed by atoms with van der Waals surface area (Å²) in [5.41, 5.74) is 3.96. The Morgan fingerprint density at radius 3 is 2.69 bits per heavy atom. The van der Waals surface area contributed by atoms with Gasteiger partial charge in [-0.05, 0) is 32.0 Å². The third-order valence-electron chi connectivity index (χ3n) is 3.97. The SMILES string of the molecule is Cc1noc(C)c1CSCC(=O)Nc1ccc2oc(C(C)(C)C)nc2c1. The molecule has 0 saturated heterocycles. The van der Waals surface area contributed by atoms with Gasteiger partial charge in [0.15, 0.2) is 5.58 Å². The molecule has 0 fully saturated rings. The molecule has 1 aromatic carbocycles. The van der Waals surface area contributed by atoms with E-state index in [4.69, 9.17) is 8.94 Å². The molecule has 6 nitrogen and oxygen atoms in total. The van der Waals surface area contributed by atoms with E-state index in [-0.39, 0.29) is 11.3 Å². The number of carbonyl (C=O) groups excluding carboxylic acids is 1. The van der Waals surface area contributed by atoms with E-state index in [2.05, 4.69) is 36.2 Å². The minimum Gasteiger partial charge on any atom is -0.440 e. The van der Waals surface area contributed by atoms with E-state index < -0.39 is 0 Å². The summed E-state index contributed by atoms with van der Waals surface area (Å²) in [5, 5.41) is 6.84. The van der Waals surface area contributed by atoms with Gasteiger partial charge in [0.25, 0.3) is 0 Å². The van der Waals surface area contributed by atoms with Crippen molar-refractivity contribution in [1.82, 2.24) is 10.1 Å². The van der Waals surface area contributed by atoms with E-state index >= 15 is 0 Å². The number of carbonyl (C=O) groups is 1. The summed E-state index contributed by atoms with van der Waals surface area (Å²) in [5.74, 6) is 2.49. The maximum atomic E-state index is 12.2. The van der Waals surface area contributed by atoms with Crippen LogP contribution in [0, 0.1) is 13.8 Å². The molecule has 0 radical (unpaired) electrons. The Hall–Kier alpha value is -2.28. The Kier molecular flexibility index (Phi) is 5.09. The first-order valence-corrected chi connectivity index (χ1v) is 9.60. The smallest absolute Gasteiger partial charge is 0.234 e. The van der Waals surface area contributed by atoms with Crippen LogP contribution in [0.25, 0.3) is 11.1 Å². The molecule has 2 aromatic heterocycles. The zero-order valence-electron chi connectivity index (χ0n) is 15.7. The summed E-state index contributed by atoms with van der Waals surface area (Å²) in [6.45, 7) is 9.95. The Labute approximate surface area is 156 Å². The van der Waals surface area contributed by atoms with Gasteiger partial charge in [-0.2, -0.15) is 0 Å². The van der Waals surface area contributed by atoms with Crippen molar-refractivity contribution >= 4 is 34.5 Å². The van der Waals surface area contributed by atoms with Crippen molar-refractivity contribution in [3.63, 3.8) is 0 Å². The molecule has 2 heterocycles. The number of anilines is 1. The summed E-state index contributed by atoms with van der Waals surface area (Å²) in [6, 6.07) is 5.51. The second-order valence-corrected chi connectivity index (χ2v) is 8.28. The van der Waals surface area contributed by atoms with Gasteiger partial charge < -0.3 is 14.3 Å². The molecule has 1 N–H and O–H groups in total. The molecule has 7 heteroatoms. The second kappa shape index (κ2) is 7.15. The fraction of sp³-hybridized carbons (Fsp3) is 0.421. The molecule has 26 heavy (non-hydrogen) atoms. The highest BCUT2D eigenvalue weighted by atomic mass is 32.2. The highest BCUT2D eigenvalue weighted by Crippen LogP contribution is 2.27. The standard InChI is InChI=1S/C19H23N3O3S/c1-11-14(12(2)25-22-11)9-26-10-17(23)20-13-6-7-16-15(8-13)21-18(24-16)19(3,4)5/h6-8H,9-10H2,1-5H3,(H,20,23). The van der Waals surface area contributed by atoms with Gasteiger partial charge in [0, 0.05) is 22.4 Å². The van der Waals surface area contributed by atoms with Crippen molar-refractivity contribution in [2.45, 2.75) is 45.8 Å². The molecule has 0 aliphatic carbocycles. The van der Waals surface area contributed by atoms with Crippen molar-refractivity contribution in [2.75, 3.05) is 11.1 Å². The number of aromatic nitrogens is 2. The zero-order chi connectivity index (χ0) is 18.9. The van der Waals surface area contributed by atoms with Crippen LogP contribution in [0.3, 0.4) is 0 Å². The lowest BCUT2D eigenvalue weighted by atomic mass is 9.97. The molecule has 0 saturated carbocycles. The minimum atomic E-state index is -0.155. The van der Waals surface area contributed by atoms with Gasteiger partial charge >= 0.3 is 0 Å². The maximum absolute atomic E-state index is 12.2. The summed E-state index contributed by atoms with van der Waals surface area (Å²) in [4.78, 5) is 16.7. The van der Waals surface area contributed by atoms with Crippen molar-refractivity contribution in [1.29, 1.82) is 0 Å². The molecule has 0 spiro atoms. The molecule has 0 bridgehead atoms. The predicted octanol–water partition coefficient (Wildman–Crippen LogP) is 4.60. The normalized spacial score (nSPS) is 11.9. The molecular formula is C19H23N3O3S. The van der Waals surface area contributed by atoms with E-state index in [0.717, 1.165) is 28.1 Å². The number of amides is 1. The summed E-state index contributed by atoms with van der Waals surface area (Å²) in [7, 11) is 0. The lowest BCUT2D eigenvalue weighted by Crippen LogP contribution is -2.14. The van der Waals surface area contributed by atoms with Gasteiger partial charge in [-0.25, -0.2) is 4.98 Å². The first-order chi connectivity index (χ1) is 12.2. The van der Waals surface area contributed by atoms with Crippen LogP contribution < -0.4 is 5.32 Å². The minimum absolute atomic E-state index is 0.0550. The number of hydrogen-bond donors (Lipinski definition) is 1. The van der Waals surface area contributed by atoms with Crippen LogP contribution in [0.15, 0.2) is 27.1 Å². The number of benzene rings is 1. The summed E-state index contributed by atoms with van der Waals surface area (Å²) < 4.78 is 10.9. The molecule has 0 atom stereocenters. The Bertz CT molecular complexity index is 918. The van der Waals surface area contributed by atoms with E-state index in [0.29, 0.717) is 23.1 Å². The fourth-order valence-corrected chi connectivity index (χ4v) is 3.45. The van der Waals surface area contributed by atoms with Gasteiger partial charge in [0.1, 0.15) is 11.3 Å². The quantitative estimate of drug-likeness (QED) is 0.704. The number of oxazole rings is 1. The zero-order valence-corrected chi connectivity index (χ0v) is 16.5. The van der Waals surface area contributed by atoms with Crippen molar-refractivity contribution < 1.29 is 13.7 Å². The largest absolute Gasteiger partial charge is 0.440 e. The van der Waals surface area contributed by atoms with Crippen LogP contribution in [0.5, 0.6) is 0 Å². The average Bonchev–Trinajstić information content (AvgIpc) is 3.12. The monoisotopic (exact) mass is 373 g/mol. The molecule has 0 unspecified atom stereocenters. The fourth-order valence-electron chi connectivity index (χ4n) is 2.48. The highest BCUT2D eigenvalue weighted by molar-refractivity contribution is 7.99. The Morgan fingerprint density at radius 1 is 1.27 bits per heavy atom. The Balaban J connectivity index is 1.60. The number of fused-ring (bicyclic) bond motifs is 1. The van der Waals surface area contributed by atoms with Crippen LogP contribution in [0.4, 0.5) is 5.69 Å². The van der Waals surface area contributed by atoms with Gasteiger partial charge in [0.05, 0.1) is 11.4 Å². The van der Waals surface area contributed by atoms with Crippen LogP contribution >= 0.6 is 11.8 Å². The van der Waals surface area contributed by atoms with Crippen molar-refractivity contribution in [2.24, 2.45) is 0 Å². The second-order valence-electron chi connectivity index (χ2n) is 7.30. The average molecular weight is 373 g/mol. The molecule has 1 amide bonds. The van der Waals surface area contributed by atoms with Gasteiger partial charge in [-0.1, -0.05) is 25.9 Å². The van der Waals surface area contributed by atoms with Crippen molar-refractivity contribution in [3.8, 4) is 0 Å². The molecule has 138 valence electrons. The number of rotatable bonds is 5. The lowest BCUT2D eigenvalue weighted by Gasteiger charge is -2.11. The number of nitrogens with zero attached hydrogens (tertiary/aromatic N) is 2. The van der Waals surface area contributed by atoms with Gasteiger partial charge in [-0.3, -0.25) is 4.79 Å². The number of thioether (sulfide) groups is 1. The van der Waals surface area contributed by atoms with E-state index in [1.165, 1.54) is 11.8 Å². The number of aryl methyl sites for hydroxylation is 2. The third-order valence-corrected chi connectivity index (χ3v) is 4.93. The molecule has 0 aliphatic heterocycles. The van der Waals surface area contributed by atoms with Crippen LogP contribution in [0.1, 0.15) is 43.7 Å². The van der Waals surface area contributed by atoms with Gasteiger partial charge in [-0.15, -0.1) is 11.8 Å². The van der Waals surface area contributed by atoms with Crippen molar-refractivity contribution in [3.05, 3.63) is 41.1 Å². The predicted molar refractivity (Wildman–Crippen MR) is 103 cm³/mol. The summed E-state index contributed by atoms with van der Waals surface area (Å²) in [6.07, 6.45) is 0. The van der Waals surface area contributed by atoms with E-state index in [9.17, 15) is 4.79 Å². The maximum Gasteiger partial charge on any atom is 0.234 e. The number of nitrogens with one attached hydrogen (secondary N) is 1. The molecule has 0 aliphatic rings. The topological polar surface area (TPSA) is 81.2 Å². The first-order valence-electron chi connectivity index (χ1n) is 8.44. The van der Waals surface area contributed by atoms with Crippen LogP contribution in [0.2, 0.25) is 0 Å². The molecular weight excluding hydrogens is 350 g/mol. The lowest BCUT2D eigenvalue weighted by molar-refractivity contribution is -0.113. The highest BCUT2D eigenvalue weighted by Gasteiger charge is 2.21. The van der Waals surface area contributed by atoms with E-state index in [1.54, 1.807) is 0 Å². The first kappa shape index (κ1) is 18.5. The van der Waals surface area contributed by atoms with Gasteiger partial charge in [0.2, 0.25) is 11.8 Å².